The summed E-state index contributed by atoms with van der Waals surface area (Å²) in [5.41, 5.74) is 1.32. The summed E-state index contributed by atoms with van der Waals surface area (Å²) in [6, 6.07) is 9.77. The van der Waals surface area contributed by atoms with Crippen molar-refractivity contribution >= 4 is 65.9 Å². The molecule has 2 aliphatic rings. The largest absolute Gasteiger partial charge is 0.442 e. The van der Waals surface area contributed by atoms with Gasteiger partial charge in [-0.05, 0) is 42.8 Å². The van der Waals surface area contributed by atoms with Gasteiger partial charge in [-0.1, -0.05) is 11.6 Å². The number of hydrogen-bond acceptors (Lipinski definition) is 6. The Morgan fingerprint density at radius 3 is 2.44 bits per heavy atom. The highest BCUT2D eigenvalue weighted by atomic mass is 35.5. The Morgan fingerprint density at radius 2 is 1.81 bits per heavy atom. The Bertz CT molecular complexity index is 1060. The number of thiophene rings is 1. The fraction of sp³-hybridized carbons (Fsp3) is 0.300. The molecule has 1 aromatic carbocycles. The molecule has 166 valence electrons. The molecular formula is C20H20BClN4O5S. The first-order chi connectivity index (χ1) is 15.3. The minimum Gasteiger partial charge on any atom is -0.442 e. The van der Waals surface area contributed by atoms with Crippen LogP contribution >= 0.6 is 22.9 Å². The summed E-state index contributed by atoms with van der Waals surface area (Å²) in [6.07, 6.45) is -0.441. The molecule has 2 atom stereocenters. The molecule has 2 fully saturated rings. The fourth-order valence-corrected chi connectivity index (χ4v) is 4.66. The van der Waals surface area contributed by atoms with Crippen molar-refractivity contribution in [2.45, 2.75) is 18.6 Å². The minimum atomic E-state index is -0.512. The van der Waals surface area contributed by atoms with Crippen molar-refractivity contribution in [2.24, 2.45) is 0 Å². The highest BCUT2D eigenvalue weighted by Gasteiger charge is 2.34. The number of carbonyl (C=O) groups excluding carboxylic acids is 4. The average Bonchev–Trinajstić information content (AvgIpc) is 3.46. The number of ether oxygens (including phenoxy) is 1. The lowest BCUT2D eigenvalue weighted by atomic mass is 10.1. The molecule has 0 radical (unpaired) electrons. The van der Waals surface area contributed by atoms with E-state index in [4.69, 9.17) is 16.3 Å². The number of nitrogens with zero attached hydrogens (tertiary/aromatic N) is 2. The van der Waals surface area contributed by atoms with Gasteiger partial charge in [-0.25, -0.2) is 4.79 Å². The zero-order chi connectivity index (χ0) is 22.8. The maximum atomic E-state index is 12.5. The van der Waals surface area contributed by atoms with Crippen molar-refractivity contribution in [1.29, 1.82) is 0 Å². The van der Waals surface area contributed by atoms with Gasteiger partial charge in [0.05, 0.1) is 22.3 Å². The van der Waals surface area contributed by atoms with Gasteiger partial charge in [0, 0.05) is 17.9 Å². The number of nitrogens with one attached hydrogen (secondary N) is 2. The third-order valence-corrected chi connectivity index (χ3v) is 6.45. The third kappa shape index (κ3) is 4.73. The summed E-state index contributed by atoms with van der Waals surface area (Å²) in [4.78, 5) is 51.8. The molecule has 0 saturated carbocycles. The fourth-order valence-electron chi connectivity index (χ4n) is 3.70. The maximum Gasteiger partial charge on any atom is 0.414 e. The third-order valence-electron chi connectivity index (χ3n) is 5.22. The molecule has 12 heteroatoms. The Hall–Kier alpha value is -3.05. The molecule has 3 heterocycles. The van der Waals surface area contributed by atoms with Crippen molar-refractivity contribution < 1.29 is 23.9 Å². The Balaban J connectivity index is 1.34. The van der Waals surface area contributed by atoms with Gasteiger partial charge >= 0.3 is 6.09 Å². The van der Waals surface area contributed by atoms with Crippen LogP contribution in [0.25, 0.3) is 0 Å². The van der Waals surface area contributed by atoms with Crippen molar-refractivity contribution in [3.63, 3.8) is 0 Å². The van der Waals surface area contributed by atoms with E-state index in [-0.39, 0.29) is 30.7 Å². The van der Waals surface area contributed by atoms with Crippen LogP contribution in [0.5, 0.6) is 0 Å². The first-order valence-corrected chi connectivity index (χ1v) is 11.2. The molecule has 32 heavy (non-hydrogen) atoms. The number of anilines is 2. The molecule has 0 bridgehead atoms. The predicted molar refractivity (Wildman–Crippen MR) is 124 cm³/mol. The van der Waals surface area contributed by atoms with Crippen LogP contribution < -0.4 is 20.4 Å². The van der Waals surface area contributed by atoms with E-state index in [0.717, 1.165) is 0 Å². The van der Waals surface area contributed by atoms with Crippen LogP contribution in [0.4, 0.5) is 21.0 Å². The lowest BCUT2D eigenvalue weighted by molar-refractivity contribution is -0.118. The van der Waals surface area contributed by atoms with E-state index in [9.17, 15) is 19.2 Å². The molecule has 0 unspecified atom stereocenters. The molecule has 2 aromatic rings. The van der Waals surface area contributed by atoms with Crippen LogP contribution in [0.3, 0.4) is 0 Å². The normalized spacial score (nSPS) is 20.4. The van der Waals surface area contributed by atoms with E-state index in [0.29, 0.717) is 33.6 Å². The van der Waals surface area contributed by atoms with E-state index < -0.39 is 18.2 Å². The van der Waals surface area contributed by atoms with Gasteiger partial charge < -0.3 is 20.3 Å². The van der Waals surface area contributed by atoms with Gasteiger partial charge in [-0.3, -0.25) is 19.3 Å². The maximum absolute atomic E-state index is 12.5. The second-order valence-electron chi connectivity index (χ2n) is 7.48. The van der Waals surface area contributed by atoms with Crippen LogP contribution in [-0.4, -0.2) is 63.3 Å². The SMILES string of the molecule is BC(=O)N[C@@H]1CCN(c2ccc(N3C[C@H](CNC(=O)c4ccc(Cl)s4)OC3=O)cc2)C1=O. The van der Waals surface area contributed by atoms with Gasteiger partial charge in [0.15, 0.2) is 5.81 Å². The summed E-state index contributed by atoms with van der Waals surface area (Å²) in [7, 11) is 1.39. The number of rotatable bonds is 6. The molecule has 2 N–H and O–H groups in total. The van der Waals surface area contributed by atoms with Gasteiger partial charge in [-0.2, -0.15) is 0 Å². The summed E-state index contributed by atoms with van der Waals surface area (Å²) in [5.74, 6) is -0.664. The summed E-state index contributed by atoms with van der Waals surface area (Å²) in [6.45, 7) is 0.977. The first-order valence-electron chi connectivity index (χ1n) is 10.0. The lowest BCUT2D eigenvalue weighted by Gasteiger charge is -2.19. The average molecular weight is 475 g/mol. The molecule has 2 saturated heterocycles. The van der Waals surface area contributed by atoms with Crippen molar-refractivity contribution in [2.75, 3.05) is 29.4 Å². The van der Waals surface area contributed by atoms with E-state index in [1.807, 2.05) is 0 Å². The second-order valence-corrected chi connectivity index (χ2v) is 9.19. The Morgan fingerprint density at radius 1 is 1.12 bits per heavy atom. The standard InChI is InChI=1S/C20H20BClN4O5S/c21-19(29)24-14-7-8-25(18(14)28)11-1-3-12(4-2-11)26-10-13(31-20(26)30)9-23-17(27)15-5-6-16(22)32-15/h1-6,13-14H,7-10,21H2,(H,23,27)(H,24,29)/t13-,14+/m0/s1. The topological polar surface area (TPSA) is 108 Å². The van der Waals surface area contributed by atoms with Crippen LogP contribution in [0, 0.1) is 0 Å². The number of amides is 4. The molecule has 2 aliphatic heterocycles. The second kappa shape index (κ2) is 9.21. The molecule has 1 aromatic heterocycles. The number of cyclic esters (lactones) is 1. The summed E-state index contributed by atoms with van der Waals surface area (Å²) in [5, 5.41) is 5.40. The molecule has 0 aliphatic carbocycles. The molecule has 4 amide bonds. The summed E-state index contributed by atoms with van der Waals surface area (Å²) >= 11 is 7.03. The first kappa shape index (κ1) is 22.2. The van der Waals surface area contributed by atoms with Crippen molar-refractivity contribution in [1.82, 2.24) is 10.6 Å². The quantitative estimate of drug-likeness (QED) is 0.618. The number of halogens is 1. The molecule has 0 spiro atoms. The number of benzene rings is 1. The monoisotopic (exact) mass is 474 g/mol. The van der Waals surface area contributed by atoms with Crippen LogP contribution in [0.2, 0.25) is 4.34 Å². The van der Waals surface area contributed by atoms with E-state index in [1.165, 1.54) is 24.1 Å². The van der Waals surface area contributed by atoms with Crippen molar-refractivity contribution in [3.8, 4) is 0 Å². The van der Waals surface area contributed by atoms with Gasteiger partial charge in [0.1, 0.15) is 12.1 Å². The Kier molecular flexibility index (Phi) is 6.38. The van der Waals surface area contributed by atoms with E-state index in [1.54, 1.807) is 41.3 Å². The Labute approximate surface area is 194 Å². The van der Waals surface area contributed by atoms with Crippen LogP contribution in [-0.2, 0) is 9.53 Å². The minimum absolute atomic E-state index is 0.156. The zero-order valence-corrected chi connectivity index (χ0v) is 18.7. The van der Waals surface area contributed by atoms with Crippen LogP contribution in [0.15, 0.2) is 36.4 Å². The highest BCUT2D eigenvalue weighted by Crippen LogP contribution is 2.27. The molecular weight excluding hydrogens is 455 g/mol. The lowest BCUT2D eigenvalue weighted by Crippen LogP contribution is -2.41. The summed E-state index contributed by atoms with van der Waals surface area (Å²) < 4.78 is 5.89. The number of hydrogen-bond donors (Lipinski definition) is 2. The smallest absolute Gasteiger partial charge is 0.414 e. The molecule has 4 rings (SSSR count). The number of carbonyl (C=O) groups is 4. The zero-order valence-electron chi connectivity index (χ0n) is 17.2. The van der Waals surface area contributed by atoms with Gasteiger partial charge in [-0.15, -0.1) is 11.3 Å². The van der Waals surface area contributed by atoms with E-state index >= 15 is 0 Å². The van der Waals surface area contributed by atoms with Crippen molar-refractivity contribution in [3.05, 3.63) is 45.6 Å². The van der Waals surface area contributed by atoms with Crippen LogP contribution in [0.1, 0.15) is 16.1 Å². The highest BCUT2D eigenvalue weighted by molar-refractivity contribution is 7.18. The van der Waals surface area contributed by atoms with Gasteiger partial charge in [0.2, 0.25) is 13.8 Å². The van der Waals surface area contributed by atoms with Gasteiger partial charge in [0.25, 0.3) is 5.91 Å². The molecule has 9 nitrogen and oxygen atoms in total. The van der Waals surface area contributed by atoms with E-state index in [2.05, 4.69) is 10.6 Å². The predicted octanol–water partition coefficient (Wildman–Crippen LogP) is 1.60.